The molecule has 0 atom stereocenters. The van der Waals surface area contributed by atoms with E-state index in [9.17, 15) is 9.59 Å². The van der Waals surface area contributed by atoms with Gasteiger partial charge in [0.2, 0.25) is 0 Å². The summed E-state index contributed by atoms with van der Waals surface area (Å²) in [5.74, 6) is -0.478. The highest BCUT2D eigenvalue weighted by Crippen LogP contribution is 2.16. The van der Waals surface area contributed by atoms with Crippen LogP contribution in [0.3, 0.4) is 0 Å². The van der Waals surface area contributed by atoms with Crippen molar-refractivity contribution in [2.45, 2.75) is 13.5 Å². The van der Waals surface area contributed by atoms with Crippen LogP contribution >= 0.6 is 0 Å². The minimum Gasteiger partial charge on any atom is -0.463 e. The Labute approximate surface area is 123 Å². The Bertz CT molecular complexity index is 554. The summed E-state index contributed by atoms with van der Waals surface area (Å²) in [7, 11) is 0. The predicted molar refractivity (Wildman–Crippen MR) is 76.0 cm³/mol. The molecular formula is C15H18N2O4. The molecule has 2 rings (SSSR count). The molecule has 1 heterocycles. The lowest BCUT2D eigenvalue weighted by Gasteiger charge is -2.16. The first kappa shape index (κ1) is 14.9. The molecule has 1 aromatic carbocycles. The fraction of sp³-hybridized carbons (Fsp3) is 0.333. The lowest BCUT2D eigenvalue weighted by molar-refractivity contribution is -0.138. The number of carbonyl (C=O) groups excluding carboxylic acids is 2. The molecule has 1 aliphatic heterocycles. The summed E-state index contributed by atoms with van der Waals surface area (Å²) in [4.78, 5) is 25.0. The second kappa shape index (κ2) is 6.78. The molecule has 6 heteroatoms. The van der Waals surface area contributed by atoms with Crippen LogP contribution in [0.2, 0.25) is 0 Å². The number of carbonyl (C=O) groups is 2. The monoisotopic (exact) mass is 290 g/mol. The maximum atomic E-state index is 12.0. The van der Waals surface area contributed by atoms with Gasteiger partial charge in [-0.05, 0) is 12.5 Å². The van der Waals surface area contributed by atoms with Crippen LogP contribution in [0.25, 0.3) is 0 Å². The van der Waals surface area contributed by atoms with Crippen LogP contribution in [0.5, 0.6) is 0 Å². The summed E-state index contributed by atoms with van der Waals surface area (Å²) < 4.78 is 10.1. The van der Waals surface area contributed by atoms with Gasteiger partial charge in [0.25, 0.3) is 0 Å². The number of hydrogen-bond acceptors (Lipinski definition) is 5. The highest BCUT2D eigenvalue weighted by molar-refractivity contribution is 5.91. The standard InChI is InChI=1S/C15H18N2O4/c1-2-20-14(18)12-8-17(9-13(12)16)15(19)21-10-11-6-4-3-5-7-11/h3-7H,2,8-10,16H2,1H3. The highest BCUT2D eigenvalue weighted by Gasteiger charge is 2.30. The Morgan fingerprint density at radius 1 is 1.19 bits per heavy atom. The summed E-state index contributed by atoms with van der Waals surface area (Å²) in [5, 5.41) is 0. The van der Waals surface area contributed by atoms with E-state index in [1.807, 2.05) is 30.3 Å². The summed E-state index contributed by atoms with van der Waals surface area (Å²) in [6.07, 6.45) is -0.499. The van der Waals surface area contributed by atoms with Gasteiger partial charge in [-0.1, -0.05) is 30.3 Å². The van der Waals surface area contributed by atoms with Crippen molar-refractivity contribution >= 4 is 12.1 Å². The molecule has 1 amide bonds. The lowest BCUT2D eigenvalue weighted by atomic mass is 10.2. The molecule has 0 aliphatic carbocycles. The van der Waals surface area contributed by atoms with Crippen molar-refractivity contribution in [3.05, 3.63) is 47.2 Å². The van der Waals surface area contributed by atoms with Crippen LogP contribution < -0.4 is 5.73 Å². The zero-order valence-corrected chi connectivity index (χ0v) is 11.9. The number of ether oxygens (including phenoxy) is 2. The number of amides is 1. The zero-order valence-electron chi connectivity index (χ0n) is 11.9. The van der Waals surface area contributed by atoms with E-state index in [2.05, 4.69) is 0 Å². The molecule has 21 heavy (non-hydrogen) atoms. The van der Waals surface area contributed by atoms with Gasteiger partial charge in [0.1, 0.15) is 6.61 Å². The molecule has 0 bridgehead atoms. The van der Waals surface area contributed by atoms with E-state index in [1.165, 1.54) is 4.90 Å². The molecule has 112 valence electrons. The minimum atomic E-state index is -0.499. The quantitative estimate of drug-likeness (QED) is 0.848. The average Bonchev–Trinajstić information content (AvgIpc) is 2.88. The van der Waals surface area contributed by atoms with Crippen LogP contribution in [0.4, 0.5) is 4.79 Å². The smallest absolute Gasteiger partial charge is 0.410 e. The third kappa shape index (κ3) is 3.75. The molecule has 0 unspecified atom stereocenters. The van der Waals surface area contributed by atoms with Gasteiger partial charge in [-0.15, -0.1) is 0 Å². The third-order valence-corrected chi connectivity index (χ3v) is 3.08. The molecule has 0 spiro atoms. The van der Waals surface area contributed by atoms with Crippen LogP contribution in [0, 0.1) is 0 Å². The van der Waals surface area contributed by atoms with Crippen molar-refractivity contribution in [2.75, 3.05) is 19.7 Å². The van der Waals surface area contributed by atoms with Crippen molar-refractivity contribution in [1.29, 1.82) is 0 Å². The Hall–Kier alpha value is -2.50. The van der Waals surface area contributed by atoms with Gasteiger partial charge in [-0.2, -0.15) is 0 Å². The molecule has 1 aromatic rings. The molecule has 0 fully saturated rings. The molecule has 6 nitrogen and oxygen atoms in total. The van der Waals surface area contributed by atoms with Gasteiger partial charge in [-0.25, -0.2) is 9.59 Å². The fourth-order valence-corrected chi connectivity index (χ4v) is 2.00. The number of esters is 1. The largest absolute Gasteiger partial charge is 0.463 e. The zero-order chi connectivity index (χ0) is 15.2. The van der Waals surface area contributed by atoms with Crippen molar-refractivity contribution in [3.8, 4) is 0 Å². The van der Waals surface area contributed by atoms with Crippen LogP contribution in [-0.2, 0) is 20.9 Å². The Kier molecular flexibility index (Phi) is 4.81. The van der Waals surface area contributed by atoms with E-state index in [0.717, 1.165) is 5.56 Å². The van der Waals surface area contributed by atoms with Crippen molar-refractivity contribution in [1.82, 2.24) is 4.90 Å². The summed E-state index contributed by atoms with van der Waals surface area (Å²) >= 11 is 0. The fourth-order valence-electron chi connectivity index (χ4n) is 2.00. The van der Waals surface area contributed by atoms with Gasteiger partial charge in [0.05, 0.1) is 25.3 Å². The first-order chi connectivity index (χ1) is 10.1. The molecule has 2 N–H and O–H groups in total. The highest BCUT2D eigenvalue weighted by atomic mass is 16.6. The third-order valence-electron chi connectivity index (χ3n) is 3.08. The maximum absolute atomic E-state index is 12.0. The van der Waals surface area contributed by atoms with E-state index in [1.54, 1.807) is 6.92 Å². The Balaban J connectivity index is 1.87. The molecular weight excluding hydrogens is 272 g/mol. The second-order valence-corrected chi connectivity index (χ2v) is 4.62. The van der Waals surface area contributed by atoms with Gasteiger partial charge in [0, 0.05) is 5.70 Å². The molecule has 1 aliphatic rings. The van der Waals surface area contributed by atoms with E-state index >= 15 is 0 Å². The van der Waals surface area contributed by atoms with E-state index < -0.39 is 12.1 Å². The average molecular weight is 290 g/mol. The number of benzene rings is 1. The first-order valence-corrected chi connectivity index (χ1v) is 6.72. The van der Waals surface area contributed by atoms with Gasteiger partial charge in [0.15, 0.2) is 0 Å². The summed E-state index contributed by atoms with van der Waals surface area (Å²) in [5.41, 5.74) is 7.35. The van der Waals surface area contributed by atoms with Crippen LogP contribution in [-0.4, -0.2) is 36.7 Å². The van der Waals surface area contributed by atoms with Gasteiger partial charge < -0.3 is 15.2 Å². The Morgan fingerprint density at radius 3 is 2.57 bits per heavy atom. The molecule has 0 saturated heterocycles. The minimum absolute atomic E-state index is 0.123. The summed E-state index contributed by atoms with van der Waals surface area (Å²) in [6.45, 7) is 2.48. The van der Waals surface area contributed by atoms with E-state index in [-0.39, 0.29) is 26.3 Å². The second-order valence-electron chi connectivity index (χ2n) is 4.62. The predicted octanol–water partition coefficient (Wildman–Crippen LogP) is 1.41. The van der Waals surface area contributed by atoms with Gasteiger partial charge >= 0.3 is 12.1 Å². The maximum Gasteiger partial charge on any atom is 0.410 e. The number of hydrogen-bond donors (Lipinski definition) is 1. The normalized spacial score (nSPS) is 14.2. The number of rotatable bonds is 4. The van der Waals surface area contributed by atoms with E-state index in [4.69, 9.17) is 15.2 Å². The number of nitrogens with two attached hydrogens (primary N) is 1. The Morgan fingerprint density at radius 2 is 1.90 bits per heavy atom. The first-order valence-electron chi connectivity index (χ1n) is 6.72. The molecule has 0 radical (unpaired) electrons. The SMILES string of the molecule is CCOC(=O)C1=C(N)CN(C(=O)OCc2ccccc2)C1. The van der Waals surface area contributed by atoms with Crippen molar-refractivity contribution in [3.63, 3.8) is 0 Å². The molecule has 0 saturated carbocycles. The van der Waals surface area contributed by atoms with E-state index in [0.29, 0.717) is 11.3 Å². The topological polar surface area (TPSA) is 81.9 Å². The molecule has 0 aromatic heterocycles. The van der Waals surface area contributed by atoms with Crippen LogP contribution in [0.15, 0.2) is 41.6 Å². The summed E-state index contributed by atoms with van der Waals surface area (Å²) in [6, 6.07) is 9.37. The number of nitrogens with zero attached hydrogens (tertiary/aromatic N) is 1. The van der Waals surface area contributed by atoms with Crippen molar-refractivity contribution < 1.29 is 19.1 Å². The van der Waals surface area contributed by atoms with Crippen molar-refractivity contribution in [2.24, 2.45) is 5.73 Å². The lowest BCUT2D eigenvalue weighted by Crippen LogP contribution is -2.31. The van der Waals surface area contributed by atoms with Crippen LogP contribution in [0.1, 0.15) is 12.5 Å². The van der Waals surface area contributed by atoms with Gasteiger partial charge in [-0.3, -0.25) is 4.90 Å².